The summed E-state index contributed by atoms with van der Waals surface area (Å²) in [5, 5.41) is 18.7. The van der Waals surface area contributed by atoms with Gasteiger partial charge in [-0.3, -0.25) is 14.8 Å². The third-order valence-electron chi connectivity index (χ3n) is 3.24. The Balaban J connectivity index is 1.69. The molecule has 2 heterocycles. The molecule has 0 unspecified atom stereocenters. The minimum absolute atomic E-state index is 0.0254. The van der Waals surface area contributed by atoms with E-state index < -0.39 is 4.92 Å². The quantitative estimate of drug-likeness (QED) is 0.529. The van der Waals surface area contributed by atoms with Crippen molar-refractivity contribution in [3.05, 3.63) is 58.0 Å². The topological polar surface area (TPSA) is 99.9 Å². The number of aryl methyl sites for hydroxylation is 3. The van der Waals surface area contributed by atoms with E-state index in [2.05, 4.69) is 15.2 Å². The van der Waals surface area contributed by atoms with Crippen LogP contribution in [0.15, 0.2) is 35.0 Å². The van der Waals surface area contributed by atoms with E-state index in [1.807, 2.05) is 0 Å². The van der Waals surface area contributed by atoms with Gasteiger partial charge >= 0.3 is 5.69 Å². The van der Waals surface area contributed by atoms with Gasteiger partial charge in [0.05, 0.1) is 4.92 Å². The molecule has 0 aliphatic heterocycles. The Bertz CT molecular complexity index is 840. The standard InChI is InChI=1S/C14H12FN5O3/c1-9-12(20(21)22)8-19(17-9)7-6-13-16-14(18-23-13)10-2-4-11(15)5-3-10/h2-5,8H,6-7H2,1H3. The van der Waals surface area contributed by atoms with E-state index in [1.165, 1.54) is 23.0 Å². The molecular formula is C14H12FN5O3. The number of halogens is 1. The van der Waals surface area contributed by atoms with Crippen LogP contribution in [0.4, 0.5) is 10.1 Å². The lowest BCUT2D eigenvalue weighted by Crippen LogP contribution is -2.02. The van der Waals surface area contributed by atoms with E-state index >= 15 is 0 Å². The fourth-order valence-corrected chi connectivity index (χ4v) is 2.08. The summed E-state index contributed by atoms with van der Waals surface area (Å²) in [5.41, 5.74) is 0.974. The third-order valence-corrected chi connectivity index (χ3v) is 3.24. The second-order valence-corrected chi connectivity index (χ2v) is 4.89. The van der Waals surface area contributed by atoms with Gasteiger partial charge < -0.3 is 4.52 Å². The molecule has 0 saturated heterocycles. The summed E-state index contributed by atoms with van der Waals surface area (Å²) >= 11 is 0. The van der Waals surface area contributed by atoms with Crippen LogP contribution in [0.25, 0.3) is 11.4 Å². The third kappa shape index (κ3) is 3.23. The number of nitrogens with zero attached hydrogens (tertiary/aromatic N) is 5. The van der Waals surface area contributed by atoms with E-state index in [0.717, 1.165) is 0 Å². The number of aromatic nitrogens is 4. The van der Waals surface area contributed by atoms with E-state index in [9.17, 15) is 14.5 Å². The molecule has 2 aromatic heterocycles. The molecule has 0 radical (unpaired) electrons. The highest BCUT2D eigenvalue weighted by atomic mass is 19.1. The van der Waals surface area contributed by atoms with Gasteiger partial charge in [-0.1, -0.05) is 5.16 Å². The van der Waals surface area contributed by atoms with Crippen molar-refractivity contribution in [1.29, 1.82) is 0 Å². The largest absolute Gasteiger partial charge is 0.339 e. The van der Waals surface area contributed by atoms with Crippen molar-refractivity contribution in [1.82, 2.24) is 19.9 Å². The Morgan fingerprint density at radius 2 is 2.09 bits per heavy atom. The SMILES string of the molecule is Cc1nn(CCc2nc(-c3ccc(F)cc3)no2)cc1[N+](=O)[O-]. The van der Waals surface area contributed by atoms with Crippen LogP contribution >= 0.6 is 0 Å². The molecular weight excluding hydrogens is 305 g/mol. The highest BCUT2D eigenvalue weighted by Gasteiger charge is 2.16. The van der Waals surface area contributed by atoms with Crippen LogP contribution in [0, 0.1) is 22.9 Å². The fraction of sp³-hybridized carbons (Fsp3) is 0.214. The maximum atomic E-state index is 12.9. The molecule has 0 amide bonds. The molecule has 9 heteroatoms. The molecule has 0 aliphatic rings. The van der Waals surface area contributed by atoms with Crippen molar-refractivity contribution >= 4 is 5.69 Å². The molecule has 0 saturated carbocycles. The molecule has 3 aromatic rings. The van der Waals surface area contributed by atoms with E-state index in [4.69, 9.17) is 4.52 Å². The summed E-state index contributed by atoms with van der Waals surface area (Å²) in [5.74, 6) is 0.399. The first-order valence-electron chi connectivity index (χ1n) is 6.80. The predicted molar refractivity (Wildman–Crippen MR) is 77.0 cm³/mol. The van der Waals surface area contributed by atoms with Crippen molar-refractivity contribution in [2.24, 2.45) is 0 Å². The smallest absolute Gasteiger partial charge is 0.309 e. The summed E-state index contributed by atoms with van der Waals surface area (Å²) in [6.07, 6.45) is 1.75. The molecule has 8 nitrogen and oxygen atoms in total. The second kappa shape index (κ2) is 5.95. The molecule has 0 spiro atoms. The second-order valence-electron chi connectivity index (χ2n) is 4.89. The van der Waals surface area contributed by atoms with Crippen molar-refractivity contribution in [2.45, 2.75) is 19.9 Å². The van der Waals surface area contributed by atoms with Gasteiger partial charge in [-0.05, 0) is 31.2 Å². The first kappa shape index (κ1) is 14.8. The van der Waals surface area contributed by atoms with Crippen molar-refractivity contribution in [3.8, 4) is 11.4 Å². The fourth-order valence-electron chi connectivity index (χ4n) is 2.08. The lowest BCUT2D eigenvalue weighted by Gasteiger charge is -1.96. The van der Waals surface area contributed by atoms with Crippen LogP contribution in [0.2, 0.25) is 0 Å². The van der Waals surface area contributed by atoms with Crippen LogP contribution in [-0.4, -0.2) is 24.8 Å². The molecule has 1 aromatic carbocycles. The van der Waals surface area contributed by atoms with Gasteiger partial charge in [0.1, 0.15) is 17.7 Å². The Kier molecular flexibility index (Phi) is 3.83. The molecule has 23 heavy (non-hydrogen) atoms. The Morgan fingerprint density at radius 3 is 2.74 bits per heavy atom. The van der Waals surface area contributed by atoms with Crippen LogP contribution in [0.1, 0.15) is 11.6 Å². The minimum Gasteiger partial charge on any atom is -0.339 e. The van der Waals surface area contributed by atoms with Crippen LogP contribution in [0.3, 0.4) is 0 Å². The Labute approximate surface area is 129 Å². The van der Waals surface area contributed by atoms with Crippen LogP contribution < -0.4 is 0 Å². The van der Waals surface area contributed by atoms with Gasteiger partial charge in [0.2, 0.25) is 11.7 Å². The molecule has 118 valence electrons. The zero-order valence-electron chi connectivity index (χ0n) is 12.1. The van der Waals surface area contributed by atoms with E-state index in [1.54, 1.807) is 19.1 Å². The minimum atomic E-state index is -0.474. The number of hydrogen-bond donors (Lipinski definition) is 0. The Hall–Kier alpha value is -3.10. The first-order chi connectivity index (χ1) is 11.0. The zero-order valence-corrected chi connectivity index (χ0v) is 12.1. The Morgan fingerprint density at radius 1 is 1.35 bits per heavy atom. The maximum absolute atomic E-state index is 12.9. The normalized spacial score (nSPS) is 10.9. The van der Waals surface area contributed by atoms with Gasteiger partial charge in [0.15, 0.2) is 0 Å². The number of hydrogen-bond acceptors (Lipinski definition) is 6. The van der Waals surface area contributed by atoms with Crippen molar-refractivity contribution < 1.29 is 13.8 Å². The summed E-state index contributed by atoms with van der Waals surface area (Å²) < 4.78 is 19.5. The number of benzene rings is 1. The molecule has 0 N–H and O–H groups in total. The van der Waals surface area contributed by atoms with E-state index in [-0.39, 0.29) is 11.5 Å². The highest BCUT2D eigenvalue weighted by Crippen LogP contribution is 2.17. The highest BCUT2D eigenvalue weighted by molar-refractivity contribution is 5.53. The zero-order chi connectivity index (χ0) is 16.4. The molecule has 0 aliphatic carbocycles. The van der Waals surface area contributed by atoms with Crippen LogP contribution in [-0.2, 0) is 13.0 Å². The molecule has 0 atom stereocenters. The summed E-state index contributed by atoms with van der Waals surface area (Å²) in [7, 11) is 0. The molecule has 0 bridgehead atoms. The van der Waals surface area contributed by atoms with E-state index in [0.29, 0.717) is 35.9 Å². The first-order valence-corrected chi connectivity index (χ1v) is 6.80. The van der Waals surface area contributed by atoms with Crippen LogP contribution in [0.5, 0.6) is 0 Å². The number of rotatable bonds is 5. The lowest BCUT2D eigenvalue weighted by molar-refractivity contribution is -0.385. The average molecular weight is 317 g/mol. The maximum Gasteiger partial charge on any atom is 0.309 e. The van der Waals surface area contributed by atoms with Gasteiger partial charge in [-0.2, -0.15) is 10.1 Å². The summed E-state index contributed by atoms with van der Waals surface area (Å²) in [4.78, 5) is 14.5. The van der Waals surface area contributed by atoms with Gasteiger partial charge in [0, 0.05) is 18.5 Å². The monoisotopic (exact) mass is 317 g/mol. The molecule has 3 rings (SSSR count). The molecule has 0 fully saturated rings. The predicted octanol–water partition coefficient (Wildman–Crippen LogP) is 2.53. The summed E-state index contributed by atoms with van der Waals surface area (Å²) in [6, 6.07) is 5.75. The van der Waals surface area contributed by atoms with Gasteiger partial charge in [-0.25, -0.2) is 4.39 Å². The van der Waals surface area contributed by atoms with Crippen molar-refractivity contribution in [3.63, 3.8) is 0 Å². The summed E-state index contributed by atoms with van der Waals surface area (Å²) in [6.45, 7) is 1.95. The van der Waals surface area contributed by atoms with Gasteiger partial charge in [0.25, 0.3) is 0 Å². The van der Waals surface area contributed by atoms with Crippen molar-refractivity contribution in [2.75, 3.05) is 0 Å². The lowest BCUT2D eigenvalue weighted by atomic mass is 10.2. The number of nitro groups is 1. The van der Waals surface area contributed by atoms with Gasteiger partial charge in [-0.15, -0.1) is 0 Å². The average Bonchev–Trinajstić information content (AvgIpc) is 3.12.